The van der Waals surface area contributed by atoms with E-state index in [1.165, 1.54) is 0 Å². The molecule has 0 aliphatic carbocycles. The molecule has 0 atom stereocenters. The number of halogens is 2. The molecule has 0 radical (unpaired) electrons. The SMILES string of the molecule is Cc1nnc(NS(=O)(=O)c2ccc(F)c(CN)c2F)s1. The van der Waals surface area contributed by atoms with Gasteiger partial charge in [-0.15, -0.1) is 10.2 Å². The minimum atomic E-state index is -4.22. The number of hydrogen-bond acceptors (Lipinski definition) is 6. The van der Waals surface area contributed by atoms with Crippen molar-refractivity contribution in [1.29, 1.82) is 0 Å². The van der Waals surface area contributed by atoms with Crippen molar-refractivity contribution < 1.29 is 17.2 Å². The van der Waals surface area contributed by atoms with Gasteiger partial charge < -0.3 is 5.73 Å². The second-order valence-corrected chi connectivity index (χ2v) is 6.61. The number of aryl methyl sites for hydroxylation is 1. The third-order valence-corrected chi connectivity index (χ3v) is 4.63. The molecule has 6 nitrogen and oxygen atoms in total. The van der Waals surface area contributed by atoms with Crippen LogP contribution in [0.4, 0.5) is 13.9 Å². The summed E-state index contributed by atoms with van der Waals surface area (Å²) in [4.78, 5) is -0.688. The topological polar surface area (TPSA) is 98.0 Å². The predicted molar refractivity (Wildman–Crippen MR) is 69.7 cm³/mol. The van der Waals surface area contributed by atoms with E-state index >= 15 is 0 Å². The molecule has 0 bridgehead atoms. The number of nitrogens with one attached hydrogen (secondary N) is 1. The van der Waals surface area contributed by atoms with E-state index in [1.807, 2.05) is 0 Å². The van der Waals surface area contributed by atoms with Crippen LogP contribution in [0.3, 0.4) is 0 Å². The van der Waals surface area contributed by atoms with Crippen molar-refractivity contribution in [3.05, 3.63) is 34.3 Å². The maximum atomic E-state index is 14.0. The molecule has 0 aliphatic rings. The Morgan fingerprint density at radius 1 is 1.35 bits per heavy atom. The van der Waals surface area contributed by atoms with E-state index in [1.54, 1.807) is 6.92 Å². The van der Waals surface area contributed by atoms with Crippen LogP contribution in [0.1, 0.15) is 10.6 Å². The number of sulfonamides is 1. The molecule has 2 aromatic rings. The quantitative estimate of drug-likeness (QED) is 0.887. The monoisotopic (exact) mass is 320 g/mol. The van der Waals surface area contributed by atoms with Crippen LogP contribution in [-0.2, 0) is 16.6 Å². The Labute approximate surface area is 117 Å². The lowest BCUT2D eigenvalue weighted by Crippen LogP contribution is -2.17. The molecule has 1 aromatic carbocycles. The molecule has 10 heteroatoms. The minimum Gasteiger partial charge on any atom is -0.326 e. The van der Waals surface area contributed by atoms with Gasteiger partial charge in [0, 0.05) is 12.1 Å². The zero-order chi connectivity index (χ0) is 14.9. The number of rotatable bonds is 4. The normalized spacial score (nSPS) is 11.6. The Hall–Kier alpha value is -1.65. The van der Waals surface area contributed by atoms with Gasteiger partial charge in [-0.25, -0.2) is 17.2 Å². The van der Waals surface area contributed by atoms with Crippen LogP contribution >= 0.6 is 11.3 Å². The molecule has 0 spiro atoms. The van der Waals surface area contributed by atoms with E-state index in [9.17, 15) is 17.2 Å². The number of aromatic nitrogens is 2. The first kappa shape index (κ1) is 14.8. The molecule has 0 aliphatic heterocycles. The minimum absolute atomic E-state index is 0.000485. The third kappa shape index (κ3) is 2.76. The summed E-state index contributed by atoms with van der Waals surface area (Å²) >= 11 is 0.995. The maximum Gasteiger partial charge on any atom is 0.266 e. The van der Waals surface area contributed by atoms with Crippen LogP contribution in [0.15, 0.2) is 17.0 Å². The van der Waals surface area contributed by atoms with Crippen LogP contribution in [0.25, 0.3) is 0 Å². The molecule has 2 rings (SSSR count). The van der Waals surface area contributed by atoms with Gasteiger partial charge in [-0.3, -0.25) is 4.72 Å². The fraction of sp³-hybridized carbons (Fsp3) is 0.200. The summed E-state index contributed by atoms with van der Waals surface area (Å²) in [5, 5.41) is 7.75. The van der Waals surface area contributed by atoms with E-state index < -0.39 is 38.7 Å². The molecule has 108 valence electrons. The highest BCUT2D eigenvalue weighted by Crippen LogP contribution is 2.24. The van der Waals surface area contributed by atoms with Gasteiger partial charge in [-0.1, -0.05) is 11.3 Å². The largest absolute Gasteiger partial charge is 0.326 e. The number of nitrogens with zero attached hydrogens (tertiary/aromatic N) is 2. The average molecular weight is 320 g/mol. The lowest BCUT2D eigenvalue weighted by molar-refractivity contribution is 0.530. The molecule has 0 unspecified atom stereocenters. The smallest absolute Gasteiger partial charge is 0.266 e. The third-order valence-electron chi connectivity index (χ3n) is 2.39. The zero-order valence-electron chi connectivity index (χ0n) is 10.2. The van der Waals surface area contributed by atoms with Crippen molar-refractivity contribution in [3.63, 3.8) is 0 Å². The molecule has 3 N–H and O–H groups in total. The molecule has 0 fully saturated rings. The van der Waals surface area contributed by atoms with E-state index in [-0.39, 0.29) is 5.13 Å². The van der Waals surface area contributed by atoms with Crippen LogP contribution < -0.4 is 10.5 Å². The van der Waals surface area contributed by atoms with Crippen molar-refractivity contribution in [2.24, 2.45) is 5.73 Å². The first-order valence-electron chi connectivity index (χ1n) is 5.35. The maximum absolute atomic E-state index is 14.0. The molecule has 0 saturated carbocycles. The number of benzene rings is 1. The summed E-state index contributed by atoms with van der Waals surface area (Å²) in [6.07, 6.45) is 0. The van der Waals surface area contributed by atoms with Crippen molar-refractivity contribution >= 4 is 26.5 Å². The highest BCUT2D eigenvalue weighted by Gasteiger charge is 2.24. The van der Waals surface area contributed by atoms with Crippen LogP contribution in [0.2, 0.25) is 0 Å². The van der Waals surface area contributed by atoms with Crippen molar-refractivity contribution in [2.45, 2.75) is 18.4 Å². The van der Waals surface area contributed by atoms with Gasteiger partial charge >= 0.3 is 0 Å². The van der Waals surface area contributed by atoms with Crippen molar-refractivity contribution in [3.8, 4) is 0 Å². The van der Waals surface area contributed by atoms with Gasteiger partial charge in [0.05, 0.1) is 0 Å². The fourth-order valence-electron chi connectivity index (χ4n) is 1.48. The van der Waals surface area contributed by atoms with Gasteiger partial charge in [0.1, 0.15) is 15.7 Å². The summed E-state index contributed by atoms with van der Waals surface area (Å²) < 4.78 is 53.4. The number of nitrogens with two attached hydrogens (primary N) is 1. The fourth-order valence-corrected chi connectivity index (χ4v) is 3.40. The van der Waals surface area contributed by atoms with E-state index in [0.717, 1.165) is 23.5 Å². The molecule has 0 saturated heterocycles. The predicted octanol–water partition coefficient (Wildman–Crippen LogP) is 1.38. The molecule has 20 heavy (non-hydrogen) atoms. The summed E-state index contributed by atoms with van der Waals surface area (Å²) in [5.41, 5.74) is 4.72. The first-order valence-corrected chi connectivity index (χ1v) is 7.65. The average Bonchev–Trinajstić information content (AvgIpc) is 2.74. The Balaban J connectivity index is 2.44. The summed E-state index contributed by atoms with van der Waals surface area (Å²) in [5.74, 6) is -2.10. The summed E-state index contributed by atoms with van der Waals surface area (Å²) in [6.45, 7) is 1.19. The van der Waals surface area contributed by atoms with Gasteiger partial charge in [-0.05, 0) is 19.1 Å². The van der Waals surface area contributed by atoms with Crippen LogP contribution in [0, 0.1) is 18.6 Å². The first-order chi connectivity index (χ1) is 9.35. The molecule has 1 aromatic heterocycles. The van der Waals surface area contributed by atoms with Gasteiger partial charge in [0.2, 0.25) is 5.13 Å². The lowest BCUT2D eigenvalue weighted by Gasteiger charge is -2.09. The standard InChI is InChI=1S/C10H10F2N4O2S2/c1-5-14-15-10(19-5)16-20(17,18)8-3-2-7(11)6(4-13)9(8)12/h2-3H,4,13H2,1H3,(H,15,16). The highest BCUT2D eigenvalue weighted by molar-refractivity contribution is 7.93. The van der Waals surface area contributed by atoms with Gasteiger partial charge in [0.25, 0.3) is 10.0 Å². The molecular formula is C10H10F2N4O2S2. The highest BCUT2D eigenvalue weighted by atomic mass is 32.2. The molecular weight excluding hydrogens is 310 g/mol. The van der Waals surface area contributed by atoms with Crippen molar-refractivity contribution in [1.82, 2.24) is 10.2 Å². The number of anilines is 1. The van der Waals surface area contributed by atoms with E-state index in [4.69, 9.17) is 5.73 Å². The van der Waals surface area contributed by atoms with Crippen LogP contribution in [0.5, 0.6) is 0 Å². The van der Waals surface area contributed by atoms with Crippen LogP contribution in [-0.4, -0.2) is 18.6 Å². The van der Waals surface area contributed by atoms with Gasteiger partial charge in [-0.2, -0.15) is 0 Å². The Morgan fingerprint density at radius 2 is 2.05 bits per heavy atom. The molecule has 0 amide bonds. The Kier molecular flexibility index (Phi) is 3.97. The number of hydrogen-bond donors (Lipinski definition) is 2. The molecule has 1 heterocycles. The van der Waals surface area contributed by atoms with Crippen molar-refractivity contribution in [2.75, 3.05) is 4.72 Å². The lowest BCUT2D eigenvalue weighted by atomic mass is 10.2. The summed E-state index contributed by atoms with van der Waals surface area (Å²) in [6, 6.07) is 1.69. The Morgan fingerprint density at radius 3 is 2.60 bits per heavy atom. The Bertz CT molecular complexity index is 746. The van der Waals surface area contributed by atoms with E-state index in [2.05, 4.69) is 14.9 Å². The summed E-state index contributed by atoms with van der Waals surface area (Å²) in [7, 11) is -4.22. The zero-order valence-corrected chi connectivity index (χ0v) is 11.9. The van der Waals surface area contributed by atoms with Gasteiger partial charge in [0.15, 0.2) is 5.82 Å². The van der Waals surface area contributed by atoms with E-state index in [0.29, 0.717) is 5.01 Å². The second-order valence-electron chi connectivity index (χ2n) is 3.77. The second kappa shape index (κ2) is 5.38.